The Hall–Kier alpha value is -4.82. The van der Waals surface area contributed by atoms with Gasteiger partial charge in [-0.15, -0.1) is 0 Å². The Bertz CT molecular complexity index is 1840. The zero-order chi connectivity index (χ0) is 39.8. The van der Waals surface area contributed by atoms with Crippen molar-refractivity contribution in [3.05, 3.63) is 64.8 Å². The summed E-state index contributed by atoms with van der Waals surface area (Å²) >= 11 is 0. The summed E-state index contributed by atoms with van der Waals surface area (Å²) in [7, 11) is 7.51. The Morgan fingerprint density at radius 2 is 1.07 bits per heavy atom. The normalized spacial score (nSPS) is 18.1. The predicted molar refractivity (Wildman–Crippen MR) is 216 cm³/mol. The van der Waals surface area contributed by atoms with Gasteiger partial charge in [0.25, 0.3) is 11.8 Å². The minimum Gasteiger partial charge on any atom is -0.495 e. The topological polar surface area (TPSA) is 114 Å². The number of hydrogen-bond donors (Lipinski definition) is 0. The number of unbranched alkanes of at least 4 members (excludes halogenated alkanes) is 4. The third-order valence-electron chi connectivity index (χ3n) is 11.6. The van der Waals surface area contributed by atoms with E-state index in [0.717, 1.165) is 72.1 Å². The van der Waals surface area contributed by atoms with Crippen molar-refractivity contribution >= 4 is 33.6 Å². The molecule has 2 amide bonds. The van der Waals surface area contributed by atoms with E-state index in [1.165, 1.54) is 0 Å². The van der Waals surface area contributed by atoms with Gasteiger partial charge in [0, 0.05) is 87.6 Å². The number of aryl methyl sites for hydroxylation is 2. The van der Waals surface area contributed by atoms with Crippen molar-refractivity contribution in [2.75, 3.05) is 80.8 Å². The van der Waals surface area contributed by atoms with Crippen LogP contribution in [-0.2, 0) is 22.8 Å². The lowest BCUT2D eigenvalue weighted by atomic mass is 10.1. The van der Waals surface area contributed by atoms with Gasteiger partial charge in [0.1, 0.15) is 16.4 Å². The van der Waals surface area contributed by atoms with Crippen LogP contribution in [0.3, 0.4) is 0 Å². The average Bonchev–Trinajstić information content (AvgIpc) is 3.77. The molecule has 4 aromatic rings. The number of amides is 2. The summed E-state index contributed by atoms with van der Waals surface area (Å²) in [4.78, 5) is 58.6. The number of para-hydroxylation sites is 2. The fraction of sp³-hybridized carbons (Fsp3) is 0.571. The van der Waals surface area contributed by atoms with Crippen LogP contribution in [0.1, 0.15) is 73.1 Å². The molecule has 0 saturated carbocycles. The quantitative estimate of drug-likeness (QED) is 0.0908. The molecular formula is C42H60N7O7+. The van der Waals surface area contributed by atoms with Crippen LogP contribution >= 0.6 is 0 Å². The standard InChI is InChI=1S/C42H60N7O7/c1-31-27-47(23-21-43(31)3)41(50)35-29-45(39-33(35)15-13-17-37(39)53-5)19-9-7-11-25-55-49(52)56-26-12-8-10-20-46-30-36(34-16-14-18-38(54-6)40(34)46)42(51)48-24-22-44(4)32(2)28-48/h13-18,29-32H,7-12,19-28H2,1-6H3/q+1. The van der Waals surface area contributed by atoms with Crippen LogP contribution in [0.4, 0.5) is 0 Å². The van der Waals surface area contributed by atoms with Crippen LogP contribution in [-0.4, -0.2) is 139 Å². The van der Waals surface area contributed by atoms with Gasteiger partial charge in [0.05, 0.1) is 36.4 Å². The van der Waals surface area contributed by atoms with E-state index >= 15 is 0 Å². The van der Waals surface area contributed by atoms with Crippen molar-refractivity contribution in [3.63, 3.8) is 0 Å². The van der Waals surface area contributed by atoms with Crippen LogP contribution in [0.15, 0.2) is 48.8 Å². The van der Waals surface area contributed by atoms with Crippen LogP contribution in [0.5, 0.6) is 11.5 Å². The Labute approximate surface area is 330 Å². The Morgan fingerprint density at radius 3 is 1.46 bits per heavy atom. The number of aromatic nitrogens is 2. The molecule has 0 radical (unpaired) electrons. The van der Waals surface area contributed by atoms with E-state index in [0.29, 0.717) is 75.3 Å². The summed E-state index contributed by atoms with van der Waals surface area (Å²) in [6.45, 7) is 10.8. The van der Waals surface area contributed by atoms with Crippen LogP contribution in [0.25, 0.3) is 21.8 Å². The van der Waals surface area contributed by atoms with Crippen molar-refractivity contribution in [1.82, 2.24) is 28.7 Å². The highest BCUT2D eigenvalue weighted by molar-refractivity contribution is 6.09. The summed E-state index contributed by atoms with van der Waals surface area (Å²) in [6.07, 6.45) is 8.67. The van der Waals surface area contributed by atoms with Gasteiger partial charge in [-0.3, -0.25) is 9.59 Å². The molecule has 2 atom stereocenters. The molecule has 2 aromatic heterocycles. The molecule has 2 aliphatic rings. The number of rotatable bonds is 18. The smallest absolute Gasteiger partial charge is 0.477 e. The van der Waals surface area contributed by atoms with Gasteiger partial charge in [-0.05, 0) is 78.6 Å². The Balaban J connectivity index is 0.913. The number of nitrogens with zero attached hydrogens (tertiary/aromatic N) is 7. The molecule has 304 valence electrons. The average molecular weight is 775 g/mol. The Morgan fingerprint density at radius 1 is 0.643 bits per heavy atom. The molecule has 2 aliphatic heterocycles. The van der Waals surface area contributed by atoms with Gasteiger partial charge in [0.2, 0.25) is 0 Å². The molecule has 56 heavy (non-hydrogen) atoms. The second-order valence-electron chi connectivity index (χ2n) is 15.4. The summed E-state index contributed by atoms with van der Waals surface area (Å²) in [5.74, 6) is 1.59. The van der Waals surface area contributed by atoms with Gasteiger partial charge in [-0.1, -0.05) is 24.3 Å². The lowest BCUT2D eigenvalue weighted by molar-refractivity contribution is -0.981. The fourth-order valence-corrected chi connectivity index (χ4v) is 7.92. The highest BCUT2D eigenvalue weighted by Crippen LogP contribution is 2.33. The zero-order valence-electron chi connectivity index (χ0n) is 34.1. The number of benzene rings is 2. The van der Waals surface area contributed by atoms with E-state index in [2.05, 4.69) is 46.9 Å². The first kappa shape index (κ1) is 40.8. The first-order chi connectivity index (χ1) is 27.1. The van der Waals surface area contributed by atoms with E-state index in [1.54, 1.807) is 14.2 Å². The molecule has 6 rings (SSSR count). The summed E-state index contributed by atoms with van der Waals surface area (Å²) in [5, 5.41) is 2.03. The number of methoxy groups -OCH3 is 2. The number of carbonyl (C=O) groups is 2. The molecule has 14 heteroatoms. The maximum Gasteiger partial charge on any atom is 0.477 e. The number of ether oxygens (including phenoxy) is 2. The number of piperazine rings is 2. The Kier molecular flexibility index (Phi) is 13.8. The molecule has 2 fully saturated rings. The molecule has 2 unspecified atom stereocenters. The minimum absolute atomic E-state index is 0.0549. The maximum absolute atomic E-state index is 13.7. The van der Waals surface area contributed by atoms with Crippen LogP contribution < -0.4 is 9.47 Å². The number of hydrogen-bond acceptors (Lipinski definition) is 9. The van der Waals surface area contributed by atoms with Gasteiger partial charge >= 0.3 is 5.09 Å². The van der Waals surface area contributed by atoms with Crippen molar-refractivity contribution in [2.45, 2.75) is 77.5 Å². The molecule has 14 nitrogen and oxygen atoms in total. The van der Waals surface area contributed by atoms with Crippen LogP contribution in [0, 0.1) is 4.91 Å². The van der Waals surface area contributed by atoms with Gasteiger partial charge in [0.15, 0.2) is 13.2 Å². The molecular weight excluding hydrogens is 715 g/mol. The van der Waals surface area contributed by atoms with Crippen molar-refractivity contribution in [3.8, 4) is 11.5 Å². The van der Waals surface area contributed by atoms with Crippen molar-refractivity contribution < 1.29 is 33.8 Å². The third-order valence-corrected chi connectivity index (χ3v) is 11.6. The van der Waals surface area contributed by atoms with E-state index in [1.807, 2.05) is 58.6 Å². The molecule has 4 heterocycles. The van der Waals surface area contributed by atoms with Crippen molar-refractivity contribution in [1.29, 1.82) is 0 Å². The molecule has 0 bridgehead atoms. The lowest BCUT2D eigenvalue weighted by Gasteiger charge is -2.37. The number of fused-ring (bicyclic) bond motifs is 2. The van der Waals surface area contributed by atoms with E-state index in [-0.39, 0.29) is 30.1 Å². The largest absolute Gasteiger partial charge is 0.495 e. The third kappa shape index (κ3) is 9.24. The fourth-order valence-electron chi connectivity index (χ4n) is 7.92. The molecule has 0 aliphatic carbocycles. The second kappa shape index (κ2) is 18.9. The predicted octanol–water partition coefficient (Wildman–Crippen LogP) is 5.85. The highest BCUT2D eigenvalue weighted by Gasteiger charge is 2.29. The van der Waals surface area contributed by atoms with E-state index < -0.39 is 0 Å². The first-order valence-electron chi connectivity index (χ1n) is 20.1. The number of likely N-dealkylation sites (N-methyl/N-ethyl adjacent to an activating group) is 2. The van der Waals surface area contributed by atoms with E-state index in [4.69, 9.17) is 19.1 Å². The lowest BCUT2D eigenvalue weighted by Crippen LogP contribution is -2.52. The SMILES string of the molecule is COc1cccc2c(C(=O)N3CCN(C)C(C)C3)cn(CCCCCO[N+](=O)OCCCCCn3cc(C(=O)N4CCN(C)C(C)C4)c4cccc(OC)c43)c12. The molecule has 2 saturated heterocycles. The monoisotopic (exact) mass is 774 g/mol. The van der Waals surface area contributed by atoms with Gasteiger partial charge in [-0.25, -0.2) is 0 Å². The summed E-state index contributed by atoms with van der Waals surface area (Å²) in [6, 6.07) is 12.3. The molecule has 0 N–H and O–H groups in total. The van der Waals surface area contributed by atoms with E-state index in [9.17, 15) is 14.5 Å². The second-order valence-corrected chi connectivity index (χ2v) is 15.4. The maximum atomic E-state index is 13.7. The highest BCUT2D eigenvalue weighted by atomic mass is 17.0. The van der Waals surface area contributed by atoms with Crippen LogP contribution in [0.2, 0.25) is 0 Å². The van der Waals surface area contributed by atoms with Gasteiger partial charge in [-0.2, -0.15) is 9.68 Å². The summed E-state index contributed by atoms with van der Waals surface area (Å²) in [5.41, 5.74) is 3.25. The number of carbonyl (C=O) groups excluding carboxylic acids is 2. The zero-order valence-corrected chi connectivity index (χ0v) is 34.1. The molecule has 2 aromatic carbocycles. The minimum atomic E-state index is 0.0549. The van der Waals surface area contributed by atoms with Gasteiger partial charge < -0.3 is 38.2 Å². The van der Waals surface area contributed by atoms with Crippen molar-refractivity contribution in [2.24, 2.45) is 0 Å². The molecule has 0 spiro atoms. The first-order valence-corrected chi connectivity index (χ1v) is 20.1. The summed E-state index contributed by atoms with van der Waals surface area (Å²) < 4.78 is 15.6.